The van der Waals surface area contributed by atoms with Crippen molar-refractivity contribution in [3.8, 4) is 11.1 Å². The average molecular weight is 417 g/mol. The van der Waals surface area contributed by atoms with E-state index >= 15 is 0 Å². The van der Waals surface area contributed by atoms with E-state index in [1.165, 1.54) is 11.3 Å². The molecule has 2 aromatic heterocycles. The van der Waals surface area contributed by atoms with Crippen molar-refractivity contribution in [3.63, 3.8) is 0 Å². The predicted octanol–water partition coefficient (Wildman–Crippen LogP) is 3.08. The number of thioether (sulfide) groups is 1. The Bertz CT molecular complexity index is 1060. The summed E-state index contributed by atoms with van der Waals surface area (Å²) in [6, 6.07) is 9.19. The maximum absolute atomic E-state index is 13.1. The van der Waals surface area contributed by atoms with Gasteiger partial charge in [-0.1, -0.05) is 42.1 Å². The zero-order valence-electron chi connectivity index (χ0n) is 15.5. The fourth-order valence-corrected chi connectivity index (χ4v) is 4.57. The van der Waals surface area contributed by atoms with Crippen LogP contribution in [-0.2, 0) is 11.3 Å². The number of hydrogen-bond donors (Lipinski definition) is 2. The van der Waals surface area contributed by atoms with Gasteiger partial charge < -0.3 is 5.32 Å². The van der Waals surface area contributed by atoms with Gasteiger partial charge in [0.15, 0.2) is 5.16 Å². The van der Waals surface area contributed by atoms with Crippen molar-refractivity contribution in [3.05, 3.63) is 46.1 Å². The molecule has 0 aliphatic heterocycles. The van der Waals surface area contributed by atoms with E-state index in [2.05, 4.69) is 15.6 Å². The molecule has 1 aromatic carbocycles. The maximum atomic E-state index is 13.1. The second kappa shape index (κ2) is 9.03. The molecule has 0 saturated carbocycles. The summed E-state index contributed by atoms with van der Waals surface area (Å²) in [5.74, 6) is -0.449. The molecule has 3 aromatic rings. The van der Waals surface area contributed by atoms with Crippen molar-refractivity contribution < 1.29 is 9.59 Å². The number of carbonyl (C=O) groups excluding carboxylic acids is 2. The number of imide groups is 1. The Balaban J connectivity index is 1.90. The summed E-state index contributed by atoms with van der Waals surface area (Å²) in [6.45, 7) is 4.50. The van der Waals surface area contributed by atoms with Crippen molar-refractivity contribution in [1.29, 1.82) is 0 Å². The standard InChI is InChI=1S/C19H20N4O3S2/c1-3-20-18(26)21-14(24)11-28-19-22-16-15(17(25)23(19)4-2)13(10-27-16)12-8-6-5-7-9-12/h5-10H,3-4,11H2,1-2H3,(H2,20,21,24,26). The quantitative estimate of drug-likeness (QED) is 0.476. The SMILES string of the molecule is CCNC(=O)NC(=O)CSc1nc2scc(-c3ccccc3)c2c(=O)n1CC. The molecule has 0 aliphatic carbocycles. The lowest BCUT2D eigenvalue weighted by molar-refractivity contribution is -0.117. The van der Waals surface area contributed by atoms with E-state index in [1.807, 2.05) is 42.6 Å². The molecule has 3 amide bonds. The fraction of sp³-hybridized carbons (Fsp3) is 0.263. The topological polar surface area (TPSA) is 93.1 Å². The van der Waals surface area contributed by atoms with Gasteiger partial charge in [0.25, 0.3) is 5.56 Å². The number of hydrogen-bond acceptors (Lipinski definition) is 6. The first-order valence-corrected chi connectivity index (χ1v) is 10.7. The molecule has 146 valence electrons. The third kappa shape index (κ3) is 4.26. The highest BCUT2D eigenvalue weighted by molar-refractivity contribution is 7.99. The third-order valence-electron chi connectivity index (χ3n) is 3.98. The summed E-state index contributed by atoms with van der Waals surface area (Å²) in [5, 5.41) is 7.74. The van der Waals surface area contributed by atoms with Gasteiger partial charge in [0.2, 0.25) is 5.91 Å². The molecule has 0 radical (unpaired) electrons. The summed E-state index contributed by atoms with van der Waals surface area (Å²) in [5.41, 5.74) is 1.71. The number of carbonyl (C=O) groups is 2. The number of amides is 3. The minimum absolute atomic E-state index is 0.00794. The van der Waals surface area contributed by atoms with Gasteiger partial charge in [0, 0.05) is 24.0 Å². The number of nitrogens with zero attached hydrogens (tertiary/aromatic N) is 2. The molecular formula is C19H20N4O3S2. The molecule has 0 saturated heterocycles. The van der Waals surface area contributed by atoms with Crippen LogP contribution in [0, 0.1) is 0 Å². The molecular weight excluding hydrogens is 396 g/mol. The molecule has 3 rings (SSSR count). The van der Waals surface area contributed by atoms with Gasteiger partial charge in [0.05, 0.1) is 11.1 Å². The van der Waals surface area contributed by atoms with E-state index < -0.39 is 11.9 Å². The van der Waals surface area contributed by atoms with Crippen LogP contribution in [0.1, 0.15) is 13.8 Å². The Morgan fingerprint density at radius 2 is 1.96 bits per heavy atom. The van der Waals surface area contributed by atoms with Gasteiger partial charge in [-0.05, 0) is 19.4 Å². The Morgan fingerprint density at radius 3 is 2.64 bits per heavy atom. The van der Waals surface area contributed by atoms with Crippen LogP contribution in [0.4, 0.5) is 4.79 Å². The van der Waals surface area contributed by atoms with Crippen LogP contribution < -0.4 is 16.2 Å². The zero-order chi connectivity index (χ0) is 20.1. The predicted molar refractivity (Wildman–Crippen MR) is 113 cm³/mol. The number of thiophene rings is 1. The second-order valence-electron chi connectivity index (χ2n) is 5.84. The molecule has 0 fully saturated rings. The van der Waals surface area contributed by atoms with E-state index in [1.54, 1.807) is 11.5 Å². The molecule has 7 nitrogen and oxygen atoms in total. The highest BCUT2D eigenvalue weighted by Gasteiger charge is 2.17. The Morgan fingerprint density at radius 1 is 1.21 bits per heavy atom. The number of benzene rings is 1. The Hall–Kier alpha value is -2.65. The van der Waals surface area contributed by atoms with Crippen LogP contribution in [0.3, 0.4) is 0 Å². The minimum atomic E-state index is -0.532. The molecule has 0 bridgehead atoms. The fourth-order valence-electron chi connectivity index (χ4n) is 2.72. The van der Waals surface area contributed by atoms with Crippen LogP contribution >= 0.6 is 23.1 Å². The van der Waals surface area contributed by atoms with E-state index in [0.29, 0.717) is 28.5 Å². The summed E-state index contributed by atoms with van der Waals surface area (Å²) in [7, 11) is 0. The first-order chi connectivity index (χ1) is 13.5. The Kier molecular flexibility index (Phi) is 6.48. The van der Waals surface area contributed by atoms with E-state index in [9.17, 15) is 14.4 Å². The normalized spacial score (nSPS) is 10.8. The number of fused-ring (bicyclic) bond motifs is 1. The van der Waals surface area contributed by atoms with Gasteiger partial charge in [0.1, 0.15) is 4.83 Å². The van der Waals surface area contributed by atoms with Gasteiger partial charge >= 0.3 is 6.03 Å². The van der Waals surface area contributed by atoms with Gasteiger partial charge in [-0.2, -0.15) is 0 Å². The number of urea groups is 1. The second-order valence-corrected chi connectivity index (χ2v) is 7.64. The van der Waals surface area contributed by atoms with E-state index in [0.717, 1.165) is 22.9 Å². The molecule has 0 unspecified atom stereocenters. The largest absolute Gasteiger partial charge is 0.338 e. The van der Waals surface area contributed by atoms with Crippen molar-refractivity contribution >= 4 is 45.3 Å². The average Bonchev–Trinajstić information content (AvgIpc) is 3.11. The highest BCUT2D eigenvalue weighted by Crippen LogP contribution is 2.32. The van der Waals surface area contributed by atoms with Crippen molar-refractivity contribution in [2.45, 2.75) is 25.5 Å². The van der Waals surface area contributed by atoms with Crippen LogP contribution in [0.2, 0.25) is 0 Å². The maximum Gasteiger partial charge on any atom is 0.321 e. The van der Waals surface area contributed by atoms with Gasteiger partial charge in [-0.25, -0.2) is 9.78 Å². The Labute approximate surface area is 170 Å². The molecule has 2 heterocycles. The summed E-state index contributed by atoms with van der Waals surface area (Å²) >= 11 is 2.55. The molecule has 28 heavy (non-hydrogen) atoms. The highest BCUT2D eigenvalue weighted by atomic mass is 32.2. The van der Waals surface area contributed by atoms with Crippen molar-refractivity contribution in [2.24, 2.45) is 0 Å². The van der Waals surface area contributed by atoms with Crippen molar-refractivity contribution in [2.75, 3.05) is 12.3 Å². The van der Waals surface area contributed by atoms with E-state index in [4.69, 9.17) is 0 Å². The van der Waals surface area contributed by atoms with Gasteiger partial charge in [-0.3, -0.25) is 19.5 Å². The summed E-state index contributed by atoms with van der Waals surface area (Å²) < 4.78 is 1.56. The lowest BCUT2D eigenvalue weighted by Gasteiger charge is -2.10. The minimum Gasteiger partial charge on any atom is -0.338 e. The van der Waals surface area contributed by atoms with Gasteiger partial charge in [-0.15, -0.1) is 11.3 Å². The van der Waals surface area contributed by atoms with Crippen molar-refractivity contribution in [1.82, 2.24) is 20.2 Å². The smallest absolute Gasteiger partial charge is 0.321 e. The summed E-state index contributed by atoms with van der Waals surface area (Å²) in [6.07, 6.45) is 0. The van der Waals surface area contributed by atoms with Crippen LogP contribution in [0.5, 0.6) is 0 Å². The number of aromatic nitrogens is 2. The molecule has 9 heteroatoms. The molecule has 0 aliphatic rings. The summed E-state index contributed by atoms with van der Waals surface area (Å²) in [4.78, 5) is 41.7. The lowest BCUT2D eigenvalue weighted by atomic mass is 10.1. The van der Waals surface area contributed by atoms with Crippen LogP contribution in [0.25, 0.3) is 21.3 Å². The molecule has 0 spiro atoms. The molecule has 0 atom stereocenters. The van der Waals surface area contributed by atoms with E-state index in [-0.39, 0.29) is 11.3 Å². The van der Waals surface area contributed by atoms with Crippen LogP contribution in [0.15, 0.2) is 45.7 Å². The molecule has 2 N–H and O–H groups in total. The number of rotatable bonds is 6. The lowest BCUT2D eigenvalue weighted by Crippen LogP contribution is -2.40. The van der Waals surface area contributed by atoms with Crippen LogP contribution in [-0.4, -0.2) is 33.8 Å². The first kappa shape index (κ1) is 20.1. The number of nitrogens with one attached hydrogen (secondary N) is 2. The third-order valence-corrected chi connectivity index (χ3v) is 5.83. The zero-order valence-corrected chi connectivity index (χ0v) is 17.2. The first-order valence-electron chi connectivity index (χ1n) is 8.83. The monoisotopic (exact) mass is 416 g/mol.